The maximum absolute atomic E-state index is 12.2. The number of carbonyl (C=O) groups is 2. The first-order valence-electron chi connectivity index (χ1n) is 10.1. The average Bonchev–Trinajstić information content (AvgIpc) is 2.80. The second kappa shape index (κ2) is 11.4. The van der Waals surface area contributed by atoms with Crippen LogP contribution < -0.4 is 15.4 Å². The third-order valence-corrected chi connectivity index (χ3v) is 4.56. The molecular formula is C25H26N2O3. The highest BCUT2D eigenvalue weighted by Gasteiger charge is 2.05. The number of nitrogens with one attached hydrogen (secondary N) is 2. The van der Waals surface area contributed by atoms with Gasteiger partial charge >= 0.3 is 0 Å². The molecule has 0 bridgehead atoms. The molecule has 0 aromatic heterocycles. The number of rotatable bonds is 10. The van der Waals surface area contributed by atoms with E-state index < -0.39 is 0 Å². The molecule has 3 aromatic rings. The molecule has 0 unspecified atom stereocenters. The molecule has 0 atom stereocenters. The standard InChI is InChI=1S/C25H26N2O3/c28-24(20-10-4-1-5-11-20)26-18-8-3-9-19-30-23-16-14-22(15-17-23)27-25(29)21-12-6-2-7-13-21/h1-2,4-7,10-17H,3,8-9,18-19H2,(H,26,28)(H,27,29). The Morgan fingerprint density at radius 3 is 1.90 bits per heavy atom. The number of hydrogen-bond donors (Lipinski definition) is 2. The predicted molar refractivity (Wildman–Crippen MR) is 119 cm³/mol. The molecule has 5 nitrogen and oxygen atoms in total. The van der Waals surface area contributed by atoms with Crippen LogP contribution in [0.5, 0.6) is 5.75 Å². The molecular weight excluding hydrogens is 376 g/mol. The summed E-state index contributed by atoms with van der Waals surface area (Å²) in [6.07, 6.45) is 2.79. The summed E-state index contributed by atoms with van der Waals surface area (Å²) in [7, 11) is 0. The Kier molecular flexibility index (Phi) is 8.03. The highest BCUT2D eigenvalue weighted by molar-refractivity contribution is 6.04. The summed E-state index contributed by atoms with van der Waals surface area (Å²) < 4.78 is 5.75. The summed E-state index contributed by atoms with van der Waals surface area (Å²) in [5.74, 6) is 0.597. The van der Waals surface area contributed by atoms with Crippen LogP contribution in [0.2, 0.25) is 0 Å². The number of anilines is 1. The molecule has 0 aliphatic heterocycles. The van der Waals surface area contributed by atoms with E-state index in [4.69, 9.17) is 4.74 Å². The van der Waals surface area contributed by atoms with Gasteiger partial charge in [-0.25, -0.2) is 0 Å². The van der Waals surface area contributed by atoms with Crippen molar-refractivity contribution < 1.29 is 14.3 Å². The van der Waals surface area contributed by atoms with Crippen molar-refractivity contribution in [2.75, 3.05) is 18.5 Å². The van der Waals surface area contributed by atoms with Crippen molar-refractivity contribution in [1.82, 2.24) is 5.32 Å². The van der Waals surface area contributed by atoms with Crippen LogP contribution >= 0.6 is 0 Å². The summed E-state index contributed by atoms with van der Waals surface area (Å²) in [5, 5.41) is 5.79. The Labute approximate surface area is 177 Å². The fraction of sp³-hybridized carbons (Fsp3) is 0.200. The lowest BCUT2D eigenvalue weighted by Crippen LogP contribution is -2.24. The lowest BCUT2D eigenvalue weighted by molar-refractivity contribution is 0.0952. The van der Waals surface area contributed by atoms with Crippen LogP contribution in [0.4, 0.5) is 5.69 Å². The summed E-state index contributed by atoms with van der Waals surface area (Å²) >= 11 is 0. The second-order valence-corrected chi connectivity index (χ2v) is 6.88. The van der Waals surface area contributed by atoms with E-state index in [1.54, 1.807) is 12.1 Å². The van der Waals surface area contributed by atoms with E-state index in [-0.39, 0.29) is 11.8 Å². The summed E-state index contributed by atoms with van der Waals surface area (Å²) in [5.41, 5.74) is 2.03. The Balaban J connectivity index is 1.29. The molecule has 0 saturated heterocycles. The smallest absolute Gasteiger partial charge is 0.255 e. The van der Waals surface area contributed by atoms with Gasteiger partial charge in [0.1, 0.15) is 5.75 Å². The first-order valence-corrected chi connectivity index (χ1v) is 10.1. The fourth-order valence-corrected chi connectivity index (χ4v) is 2.91. The second-order valence-electron chi connectivity index (χ2n) is 6.88. The van der Waals surface area contributed by atoms with E-state index >= 15 is 0 Å². The van der Waals surface area contributed by atoms with E-state index in [0.717, 1.165) is 30.7 Å². The van der Waals surface area contributed by atoms with Crippen molar-refractivity contribution in [3.8, 4) is 5.75 Å². The molecule has 3 aromatic carbocycles. The summed E-state index contributed by atoms with van der Waals surface area (Å²) in [4.78, 5) is 24.1. The number of ether oxygens (including phenoxy) is 1. The van der Waals surface area contributed by atoms with Gasteiger partial charge < -0.3 is 15.4 Å². The van der Waals surface area contributed by atoms with Gasteiger partial charge in [-0.2, -0.15) is 0 Å². The largest absolute Gasteiger partial charge is 0.494 e. The van der Waals surface area contributed by atoms with Gasteiger partial charge in [0, 0.05) is 23.4 Å². The van der Waals surface area contributed by atoms with Gasteiger partial charge in [0.2, 0.25) is 0 Å². The van der Waals surface area contributed by atoms with Crippen molar-refractivity contribution in [1.29, 1.82) is 0 Å². The number of carbonyl (C=O) groups excluding carboxylic acids is 2. The van der Waals surface area contributed by atoms with E-state index in [1.807, 2.05) is 72.8 Å². The highest BCUT2D eigenvalue weighted by Crippen LogP contribution is 2.17. The van der Waals surface area contributed by atoms with Gasteiger partial charge in [0.25, 0.3) is 11.8 Å². The normalized spacial score (nSPS) is 10.3. The van der Waals surface area contributed by atoms with Crippen LogP contribution in [-0.4, -0.2) is 25.0 Å². The Bertz CT molecular complexity index is 926. The van der Waals surface area contributed by atoms with Crippen molar-refractivity contribution in [3.63, 3.8) is 0 Å². The third-order valence-electron chi connectivity index (χ3n) is 4.56. The molecule has 30 heavy (non-hydrogen) atoms. The molecule has 0 aliphatic carbocycles. The van der Waals surface area contributed by atoms with Gasteiger partial charge in [-0.1, -0.05) is 36.4 Å². The van der Waals surface area contributed by atoms with Crippen LogP contribution in [0.3, 0.4) is 0 Å². The van der Waals surface area contributed by atoms with Crippen LogP contribution in [0.1, 0.15) is 40.0 Å². The van der Waals surface area contributed by atoms with Gasteiger partial charge in [0.15, 0.2) is 0 Å². The maximum atomic E-state index is 12.2. The fourth-order valence-electron chi connectivity index (χ4n) is 2.91. The van der Waals surface area contributed by atoms with Gasteiger partial charge in [-0.3, -0.25) is 9.59 Å². The quantitative estimate of drug-likeness (QED) is 0.473. The van der Waals surface area contributed by atoms with Gasteiger partial charge in [-0.15, -0.1) is 0 Å². The number of benzene rings is 3. The average molecular weight is 402 g/mol. The lowest BCUT2D eigenvalue weighted by Gasteiger charge is -2.09. The monoisotopic (exact) mass is 402 g/mol. The zero-order valence-corrected chi connectivity index (χ0v) is 16.8. The molecule has 0 saturated carbocycles. The highest BCUT2D eigenvalue weighted by atomic mass is 16.5. The molecule has 0 heterocycles. The van der Waals surface area contributed by atoms with Crippen molar-refractivity contribution in [2.45, 2.75) is 19.3 Å². The van der Waals surface area contributed by atoms with Crippen LogP contribution in [0.25, 0.3) is 0 Å². The third kappa shape index (κ3) is 6.78. The van der Waals surface area contributed by atoms with Crippen LogP contribution in [0, 0.1) is 0 Å². The van der Waals surface area contributed by atoms with Crippen molar-refractivity contribution in [3.05, 3.63) is 96.1 Å². The number of unbranched alkanes of at least 4 members (excludes halogenated alkanes) is 2. The number of hydrogen-bond acceptors (Lipinski definition) is 3. The topological polar surface area (TPSA) is 67.4 Å². The van der Waals surface area contributed by atoms with Gasteiger partial charge in [0.05, 0.1) is 6.61 Å². The Morgan fingerprint density at radius 2 is 1.27 bits per heavy atom. The molecule has 0 radical (unpaired) electrons. The van der Waals surface area contributed by atoms with E-state index in [1.165, 1.54) is 0 Å². The first kappa shape index (κ1) is 21.1. The molecule has 2 N–H and O–H groups in total. The van der Waals surface area contributed by atoms with Crippen molar-refractivity contribution >= 4 is 17.5 Å². The Morgan fingerprint density at radius 1 is 0.667 bits per heavy atom. The molecule has 0 fully saturated rings. The van der Waals surface area contributed by atoms with E-state index in [9.17, 15) is 9.59 Å². The zero-order valence-electron chi connectivity index (χ0n) is 16.8. The summed E-state index contributed by atoms with van der Waals surface area (Å²) in [6, 6.07) is 25.7. The molecule has 5 heteroatoms. The predicted octanol–water partition coefficient (Wildman–Crippen LogP) is 4.92. The maximum Gasteiger partial charge on any atom is 0.255 e. The van der Waals surface area contributed by atoms with Gasteiger partial charge in [-0.05, 0) is 67.8 Å². The Hall–Kier alpha value is -3.60. The minimum Gasteiger partial charge on any atom is -0.494 e. The molecule has 154 valence electrons. The minimum atomic E-state index is -0.136. The molecule has 0 aliphatic rings. The SMILES string of the molecule is O=C(NCCCCCOc1ccc(NC(=O)c2ccccc2)cc1)c1ccccc1. The zero-order chi connectivity index (χ0) is 21.0. The van der Waals surface area contributed by atoms with Crippen LogP contribution in [-0.2, 0) is 0 Å². The number of amides is 2. The lowest BCUT2D eigenvalue weighted by atomic mass is 10.2. The van der Waals surface area contributed by atoms with E-state index in [0.29, 0.717) is 24.3 Å². The first-order chi connectivity index (χ1) is 14.7. The molecule has 3 rings (SSSR count). The van der Waals surface area contributed by atoms with Crippen LogP contribution in [0.15, 0.2) is 84.9 Å². The van der Waals surface area contributed by atoms with Crippen molar-refractivity contribution in [2.24, 2.45) is 0 Å². The summed E-state index contributed by atoms with van der Waals surface area (Å²) in [6.45, 7) is 1.27. The minimum absolute atomic E-state index is 0.0358. The molecule has 2 amide bonds. The van der Waals surface area contributed by atoms with E-state index in [2.05, 4.69) is 10.6 Å². The molecule has 0 spiro atoms.